The summed E-state index contributed by atoms with van der Waals surface area (Å²) in [5, 5.41) is 0. The van der Waals surface area contributed by atoms with E-state index >= 15 is 0 Å². The second-order valence-electron chi connectivity index (χ2n) is 8.45. The molecule has 1 heterocycles. The van der Waals surface area contributed by atoms with Gasteiger partial charge in [0.2, 0.25) is 0 Å². The van der Waals surface area contributed by atoms with Crippen LogP contribution in [0.3, 0.4) is 0 Å². The van der Waals surface area contributed by atoms with Gasteiger partial charge in [0.15, 0.2) is 0 Å². The van der Waals surface area contributed by atoms with Crippen molar-refractivity contribution in [2.45, 2.75) is 84.8 Å². The first-order valence-electron chi connectivity index (χ1n) is 10.2. The number of rotatable bonds is 6. The Bertz CT molecular complexity index is 552. The Balaban J connectivity index is 0.000000209. The van der Waals surface area contributed by atoms with Crippen molar-refractivity contribution in [3.8, 4) is 0 Å². The Labute approximate surface area is 159 Å². The van der Waals surface area contributed by atoms with E-state index in [2.05, 4.69) is 44.2 Å². The van der Waals surface area contributed by atoms with E-state index in [0.717, 1.165) is 25.7 Å². The molecule has 0 spiro atoms. The van der Waals surface area contributed by atoms with Crippen molar-refractivity contribution in [3.63, 3.8) is 0 Å². The SMILES string of the molecule is CCC(C)(C)C(=O)OCC1CCC2OC2C1.CCC(C)c1ccccc1. The standard InChI is InChI=1S/C13H22O3.C10H14/c1-4-13(2,3)12(14)15-8-9-5-6-10-11(7-9)16-10;1-3-9(2)10-7-5-4-6-8-10/h9-11H,4-8H2,1-3H3;4-9H,3H2,1-2H3. The first-order chi connectivity index (χ1) is 12.4. The second kappa shape index (κ2) is 9.55. The molecule has 1 saturated carbocycles. The lowest BCUT2D eigenvalue weighted by Gasteiger charge is -2.24. The summed E-state index contributed by atoms with van der Waals surface area (Å²) < 4.78 is 10.9. The number of epoxide rings is 1. The maximum absolute atomic E-state index is 11.8. The quantitative estimate of drug-likeness (QED) is 0.480. The third-order valence-electron chi connectivity index (χ3n) is 5.98. The zero-order valence-corrected chi connectivity index (χ0v) is 17.2. The second-order valence-corrected chi connectivity index (χ2v) is 8.45. The van der Waals surface area contributed by atoms with Gasteiger partial charge in [-0.15, -0.1) is 0 Å². The van der Waals surface area contributed by atoms with Gasteiger partial charge in [-0.1, -0.05) is 51.1 Å². The lowest BCUT2D eigenvalue weighted by atomic mass is 9.89. The number of hydrogen-bond donors (Lipinski definition) is 0. The van der Waals surface area contributed by atoms with Crippen LogP contribution in [-0.4, -0.2) is 24.8 Å². The summed E-state index contributed by atoms with van der Waals surface area (Å²) in [4.78, 5) is 11.8. The molecule has 0 bridgehead atoms. The van der Waals surface area contributed by atoms with Crippen LogP contribution in [0.1, 0.15) is 78.2 Å². The van der Waals surface area contributed by atoms with E-state index in [4.69, 9.17) is 9.47 Å². The zero-order chi connectivity index (χ0) is 19.2. The summed E-state index contributed by atoms with van der Waals surface area (Å²) in [6, 6.07) is 10.6. The highest BCUT2D eigenvalue weighted by Crippen LogP contribution is 2.39. The normalized spacial score (nSPS) is 25.3. The van der Waals surface area contributed by atoms with E-state index < -0.39 is 0 Å². The summed E-state index contributed by atoms with van der Waals surface area (Å²) in [7, 11) is 0. The van der Waals surface area contributed by atoms with Crippen molar-refractivity contribution >= 4 is 5.97 Å². The van der Waals surface area contributed by atoms with E-state index in [1.54, 1.807) is 0 Å². The van der Waals surface area contributed by atoms with Crippen LogP contribution in [0.25, 0.3) is 0 Å². The maximum atomic E-state index is 11.8. The highest BCUT2D eigenvalue weighted by molar-refractivity contribution is 5.75. The minimum atomic E-state index is -0.340. The van der Waals surface area contributed by atoms with Crippen LogP contribution < -0.4 is 0 Å². The molecule has 0 amide bonds. The summed E-state index contributed by atoms with van der Waals surface area (Å²) in [5.41, 5.74) is 1.11. The Kier molecular flexibility index (Phi) is 7.69. The number of esters is 1. The van der Waals surface area contributed by atoms with Crippen molar-refractivity contribution in [1.82, 2.24) is 0 Å². The maximum Gasteiger partial charge on any atom is 0.311 e. The first kappa shape index (κ1) is 21.0. The van der Waals surface area contributed by atoms with Crippen molar-refractivity contribution < 1.29 is 14.3 Å². The van der Waals surface area contributed by atoms with Crippen LogP contribution >= 0.6 is 0 Å². The fourth-order valence-corrected chi connectivity index (χ4v) is 3.19. The molecule has 1 aromatic rings. The average Bonchev–Trinajstić information content (AvgIpc) is 3.45. The van der Waals surface area contributed by atoms with E-state index in [-0.39, 0.29) is 11.4 Å². The van der Waals surface area contributed by atoms with E-state index in [1.165, 1.54) is 12.0 Å². The Morgan fingerprint density at radius 2 is 1.88 bits per heavy atom. The lowest BCUT2D eigenvalue weighted by molar-refractivity contribution is -0.155. The monoisotopic (exact) mass is 360 g/mol. The fraction of sp³-hybridized carbons (Fsp3) is 0.696. The largest absolute Gasteiger partial charge is 0.465 e. The Morgan fingerprint density at radius 3 is 2.46 bits per heavy atom. The van der Waals surface area contributed by atoms with Crippen molar-refractivity contribution in [1.29, 1.82) is 0 Å². The molecule has 4 unspecified atom stereocenters. The van der Waals surface area contributed by atoms with Crippen LogP contribution in [0.4, 0.5) is 0 Å². The highest BCUT2D eigenvalue weighted by atomic mass is 16.6. The molecule has 0 radical (unpaired) electrons. The summed E-state index contributed by atoms with van der Waals surface area (Å²) in [5.74, 6) is 1.16. The third-order valence-corrected chi connectivity index (χ3v) is 5.98. The molecule has 3 rings (SSSR count). The number of benzene rings is 1. The van der Waals surface area contributed by atoms with Gasteiger partial charge in [-0.25, -0.2) is 0 Å². The molecule has 26 heavy (non-hydrogen) atoms. The van der Waals surface area contributed by atoms with Gasteiger partial charge in [0.05, 0.1) is 24.2 Å². The molecule has 4 atom stereocenters. The zero-order valence-electron chi connectivity index (χ0n) is 17.2. The average molecular weight is 361 g/mol. The Morgan fingerprint density at radius 1 is 1.19 bits per heavy atom. The van der Waals surface area contributed by atoms with Gasteiger partial charge in [-0.05, 0) is 63.4 Å². The number of carbonyl (C=O) groups is 1. The highest BCUT2D eigenvalue weighted by Gasteiger charge is 2.44. The van der Waals surface area contributed by atoms with Gasteiger partial charge in [-0.2, -0.15) is 0 Å². The van der Waals surface area contributed by atoms with Crippen molar-refractivity contribution in [2.75, 3.05) is 6.61 Å². The van der Waals surface area contributed by atoms with Crippen LogP contribution in [0.5, 0.6) is 0 Å². The fourth-order valence-electron chi connectivity index (χ4n) is 3.19. The Hall–Kier alpha value is -1.35. The minimum Gasteiger partial charge on any atom is -0.465 e. The van der Waals surface area contributed by atoms with Gasteiger partial charge in [0.1, 0.15) is 0 Å². The molecule has 2 aliphatic rings. The molecule has 3 nitrogen and oxygen atoms in total. The van der Waals surface area contributed by atoms with E-state index in [0.29, 0.717) is 30.7 Å². The number of hydrogen-bond acceptors (Lipinski definition) is 3. The number of fused-ring (bicyclic) bond motifs is 1. The third kappa shape index (κ3) is 6.12. The molecule has 0 aromatic heterocycles. The van der Waals surface area contributed by atoms with E-state index in [9.17, 15) is 4.79 Å². The van der Waals surface area contributed by atoms with Crippen LogP contribution in [-0.2, 0) is 14.3 Å². The molecular weight excluding hydrogens is 324 g/mol. The molecular formula is C23H36O3. The van der Waals surface area contributed by atoms with Crippen molar-refractivity contribution in [2.24, 2.45) is 11.3 Å². The molecule has 2 fully saturated rings. The first-order valence-corrected chi connectivity index (χ1v) is 10.2. The molecule has 3 heteroatoms. The van der Waals surface area contributed by atoms with E-state index in [1.807, 2.05) is 20.8 Å². The predicted molar refractivity (Wildman–Crippen MR) is 106 cm³/mol. The van der Waals surface area contributed by atoms with Gasteiger partial charge in [0.25, 0.3) is 0 Å². The van der Waals surface area contributed by atoms with Crippen LogP contribution in [0, 0.1) is 11.3 Å². The summed E-state index contributed by atoms with van der Waals surface area (Å²) in [6.45, 7) is 11.0. The summed E-state index contributed by atoms with van der Waals surface area (Å²) in [6.07, 6.45) is 6.40. The van der Waals surface area contributed by atoms with Crippen LogP contribution in [0.15, 0.2) is 30.3 Å². The van der Waals surface area contributed by atoms with Gasteiger partial charge < -0.3 is 9.47 Å². The molecule has 0 N–H and O–H groups in total. The minimum absolute atomic E-state index is 0.0613. The van der Waals surface area contributed by atoms with Gasteiger partial charge in [-0.3, -0.25) is 4.79 Å². The van der Waals surface area contributed by atoms with Crippen LogP contribution in [0.2, 0.25) is 0 Å². The smallest absolute Gasteiger partial charge is 0.311 e. The molecule has 1 saturated heterocycles. The summed E-state index contributed by atoms with van der Waals surface area (Å²) >= 11 is 0. The molecule has 1 aliphatic carbocycles. The predicted octanol–water partition coefficient (Wildman–Crippen LogP) is 5.73. The molecule has 1 aliphatic heterocycles. The van der Waals surface area contributed by atoms with Crippen molar-refractivity contribution in [3.05, 3.63) is 35.9 Å². The number of ether oxygens (including phenoxy) is 2. The molecule has 1 aromatic carbocycles. The molecule has 146 valence electrons. The van der Waals surface area contributed by atoms with Gasteiger partial charge >= 0.3 is 5.97 Å². The lowest BCUT2D eigenvalue weighted by Crippen LogP contribution is -2.29. The number of carbonyl (C=O) groups excluding carboxylic acids is 1. The van der Waals surface area contributed by atoms with Gasteiger partial charge in [0, 0.05) is 0 Å². The topological polar surface area (TPSA) is 38.8 Å².